The van der Waals surface area contributed by atoms with Crippen LogP contribution in [-0.4, -0.2) is 30.5 Å². The molecule has 0 saturated heterocycles. The highest BCUT2D eigenvalue weighted by Crippen LogP contribution is 2.78. The fourth-order valence-corrected chi connectivity index (χ4v) is 5.94. The maximum Gasteiger partial charge on any atom is 0.338 e. The molecular weight excluding hydrogens is 457 g/mol. The standard InChI is InChI=1S/C15H8Cl6O4/c1-24-11(22)5-3-4-6(12(23)25-2)8-7(5)13(18)9(16)10(17)14(8,19)15(13,20)21/h3-4H,1-2H3. The Kier molecular flexibility index (Phi) is 4.51. The molecule has 3 rings (SSSR count). The number of alkyl halides is 4. The van der Waals surface area contributed by atoms with Gasteiger partial charge < -0.3 is 9.47 Å². The van der Waals surface area contributed by atoms with Crippen molar-refractivity contribution >= 4 is 81.5 Å². The van der Waals surface area contributed by atoms with E-state index >= 15 is 0 Å². The number of ether oxygens (including phenoxy) is 2. The molecule has 10 heteroatoms. The van der Waals surface area contributed by atoms with E-state index < -0.39 is 26.0 Å². The molecule has 1 aromatic rings. The van der Waals surface area contributed by atoms with Crippen LogP contribution in [0, 0.1) is 0 Å². The van der Waals surface area contributed by atoms with Crippen LogP contribution in [0.1, 0.15) is 31.8 Å². The summed E-state index contributed by atoms with van der Waals surface area (Å²) in [5.41, 5.74) is 0.156. The summed E-state index contributed by atoms with van der Waals surface area (Å²) in [5, 5.41) is -0.258. The van der Waals surface area contributed by atoms with Crippen molar-refractivity contribution in [3.63, 3.8) is 0 Å². The number of rotatable bonds is 2. The predicted molar refractivity (Wildman–Crippen MR) is 97.4 cm³/mol. The van der Waals surface area contributed by atoms with Gasteiger partial charge in [-0.15, -0.1) is 23.2 Å². The van der Waals surface area contributed by atoms with Gasteiger partial charge in [-0.2, -0.15) is 0 Å². The topological polar surface area (TPSA) is 52.6 Å². The van der Waals surface area contributed by atoms with Crippen LogP contribution in [0.15, 0.2) is 22.2 Å². The Morgan fingerprint density at radius 3 is 1.40 bits per heavy atom. The van der Waals surface area contributed by atoms with Crippen molar-refractivity contribution < 1.29 is 19.1 Å². The Morgan fingerprint density at radius 1 is 0.800 bits per heavy atom. The fraction of sp³-hybridized carbons (Fsp3) is 0.333. The molecule has 2 aliphatic rings. The lowest BCUT2D eigenvalue weighted by Crippen LogP contribution is -2.40. The quantitative estimate of drug-likeness (QED) is 0.455. The third-order valence-corrected chi connectivity index (χ3v) is 8.45. The minimum atomic E-state index is -1.98. The van der Waals surface area contributed by atoms with Crippen molar-refractivity contribution in [1.29, 1.82) is 0 Å². The van der Waals surface area contributed by atoms with Crippen molar-refractivity contribution in [1.82, 2.24) is 0 Å². The van der Waals surface area contributed by atoms with Gasteiger partial charge in [-0.25, -0.2) is 9.59 Å². The highest BCUT2D eigenvalue weighted by atomic mass is 35.5. The van der Waals surface area contributed by atoms with Crippen LogP contribution in [-0.2, 0) is 19.2 Å². The summed E-state index contributed by atoms with van der Waals surface area (Å²) < 4.78 is 7.56. The van der Waals surface area contributed by atoms with Gasteiger partial charge in [0, 0.05) is 11.1 Å². The van der Waals surface area contributed by atoms with E-state index in [1.54, 1.807) is 0 Å². The maximum absolute atomic E-state index is 12.2. The molecule has 2 aliphatic carbocycles. The number of esters is 2. The fourth-order valence-electron chi connectivity index (χ4n) is 3.23. The van der Waals surface area contributed by atoms with Crippen molar-refractivity contribution in [2.75, 3.05) is 14.2 Å². The zero-order chi connectivity index (χ0) is 18.9. The van der Waals surface area contributed by atoms with E-state index in [0.717, 1.165) is 0 Å². The number of carbonyl (C=O) groups is 2. The molecule has 2 atom stereocenters. The Hall–Kier alpha value is -0.360. The second-order valence-corrected chi connectivity index (χ2v) is 8.63. The molecule has 0 fully saturated rings. The van der Waals surface area contributed by atoms with Crippen molar-refractivity contribution in [2.45, 2.75) is 14.1 Å². The van der Waals surface area contributed by atoms with Crippen LogP contribution in [0.2, 0.25) is 0 Å². The van der Waals surface area contributed by atoms with Gasteiger partial charge in [0.25, 0.3) is 0 Å². The van der Waals surface area contributed by atoms with E-state index in [9.17, 15) is 9.59 Å². The average Bonchev–Trinajstić information content (AvgIpc) is 2.80. The number of benzene rings is 1. The molecule has 4 nitrogen and oxygen atoms in total. The monoisotopic (exact) mass is 462 g/mol. The average molecular weight is 465 g/mol. The first-order valence-electron chi connectivity index (χ1n) is 6.68. The smallest absolute Gasteiger partial charge is 0.338 e. The summed E-state index contributed by atoms with van der Waals surface area (Å²) in [6.45, 7) is 0. The Morgan fingerprint density at radius 2 is 1.12 bits per heavy atom. The summed E-state index contributed by atoms with van der Waals surface area (Å²) in [6.07, 6.45) is 0. The van der Waals surface area contributed by atoms with Gasteiger partial charge >= 0.3 is 11.9 Å². The van der Waals surface area contributed by atoms with Gasteiger partial charge in [-0.1, -0.05) is 46.4 Å². The van der Waals surface area contributed by atoms with E-state index in [1.165, 1.54) is 26.4 Å². The molecule has 0 radical (unpaired) electrons. The van der Waals surface area contributed by atoms with E-state index in [2.05, 4.69) is 0 Å². The van der Waals surface area contributed by atoms with Gasteiger partial charge in [-0.05, 0) is 12.1 Å². The number of carbonyl (C=O) groups excluding carboxylic acids is 2. The SMILES string of the molecule is COC(=O)c1ccc(C(=O)OC)c2c1C1(Cl)C(Cl)=C(Cl)C2(Cl)C1(Cl)Cl. The molecule has 25 heavy (non-hydrogen) atoms. The van der Waals surface area contributed by atoms with E-state index in [-0.39, 0.29) is 32.3 Å². The number of hydrogen-bond acceptors (Lipinski definition) is 4. The van der Waals surface area contributed by atoms with E-state index in [0.29, 0.717) is 0 Å². The molecular formula is C15H8Cl6O4. The molecule has 2 unspecified atom stereocenters. The second kappa shape index (κ2) is 5.82. The van der Waals surface area contributed by atoms with Crippen LogP contribution in [0.4, 0.5) is 0 Å². The van der Waals surface area contributed by atoms with Crippen LogP contribution in [0.25, 0.3) is 0 Å². The number of methoxy groups -OCH3 is 2. The Bertz CT molecular complexity index is 797. The molecule has 0 amide bonds. The van der Waals surface area contributed by atoms with Crippen molar-refractivity contribution in [2.24, 2.45) is 0 Å². The third kappa shape index (κ3) is 1.99. The Balaban J connectivity index is 2.52. The molecule has 1 aromatic carbocycles. The molecule has 0 saturated carbocycles. The lowest BCUT2D eigenvalue weighted by molar-refractivity contribution is 0.0584. The molecule has 2 bridgehead atoms. The lowest BCUT2D eigenvalue weighted by Gasteiger charge is -2.31. The zero-order valence-corrected chi connectivity index (χ0v) is 17.1. The first-order valence-corrected chi connectivity index (χ1v) is 8.95. The first kappa shape index (κ1) is 19.4. The molecule has 0 aliphatic heterocycles. The van der Waals surface area contributed by atoms with Crippen molar-refractivity contribution in [3.8, 4) is 0 Å². The highest BCUT2D eigenvalue weighted by Gasteiger charge is 2.78. The maximum atomic E-state index is 12.2. The third-order valence-electron chi connectivity index (χ3n) is 4.37. The molecule has 0 spiro atoms. The van der Waals surface area contributed by atoms with Crippen LogP contribution < -0.4 is 0 Å². The number of fused-ring (bicyclic) bond motifs is 5. The van der Waals surface area contributed by atoms with Crippen LogP contribution in [0.3, 0.4) is 0 Å². The zero-order valence-electron chi connectivity index (χ0n) is 12.6. The predicted octanol–water partition coefficient (Wildman–Crippen LogP) is 5.02. The highest BCUT2D eigenvalue weighted by molar-refractivity contribution is 6.65. The molecule has 0 N–H and O–H groups in total. The van der Waals surface area contributed by atoms with Crippen LogP contribution >= 0.6 is 69.6 Å². The first-order chi connectivity index (χ1) is 11.5. The number of halogens is 6. The molecule has 0 aromatic heterocycles. The van der Waals surface area contributed by atoms with Gasteiger partial charge in [0.15, 0.2) is 4.33 Å². The van der Waals surface area contributed by atoms with Crippen LogP contribution in [0.5, 0.6) is 0 Å². The Labute approximate surface area is 172 Å². The summed E-state index contributed by atoms with van der Waals surface area (Å²) in [5.74, 6) is -1.46. The van der Waals surface area contributed by atoms with Crippen molar-refractivity contribution in [3.05, 3.63) is 44.5 Å². The normalized spacial score (nSPS) is 28.8. The summed E-state index contributed by atoms with van der Waals surface area (Å²) in [4.78, 5) is 20.8. The summed E-state index contributed by atoms with van der Waals surface area (Å²) in [6, 6.07) is 2.67. The summed E-state index contributed by atoms with van der Waals surface area (Å²) >= 11 is 38.9. The number of hydrogen-bond donors (Lipinski definition) is 0. The van der Waals surface area contributed by atoms with Gasteiger partial charge in [0.1, 0.15) is 9.75 Å². The molecule has 134 valence electrons. The van der Waals surface area contributed by atoms with E-state index in [1.807, 2.05) is 0 Å². The van der Waals surface area contributed by atoms with E-state index in [4.69, 9.17) is 79.1 Å². The number of allylic oxidation sites excluding steroid dienone is 2. The minimum absolute atomic E-state index is 0.00988. The van der Waals surface area contributed by atoms with Gasteiger partial charge in [0.05, 0.1) is 35.4 Å². The molecule has 0 heterocycles. The largest absolute Gasteiger partial charge is 0.465 e. The van der Waals surface area contributed by atoms with Gasteiger partial charge in [-0.3, -0.25) is 0 Å². The second-order valence-electron chi connectivity index (χ2n) is 5.41. The minimum Gasteiger partial charge on any atom is -0.465 e. The lowest BCUT2D eigenvalue weighted by atomic mass is 9.87. The van der Waals surface area contributed by atoms with Gasteiger partial charge in [0.2, 0.25) is 0 Å². The summed E-state index contributed by atoms with van der Waals surface area (Å²) in [7, 11) is 2.37.